The first-order valence-corrected chi connectivity index (χ1v) is 5.09. The summed E-state index contributed by atoms with van der Waals surface area (Å²) in [5, 5.41) is 19.4. The Morgan fingerprint density at radius 3 is 2.23 bits per heavy atom. The molecule has 0 aliphatic rings. The number of rotatable bonds is 5. The fraction of sp³-hybridized carbons (Fsp3) is 1.00. The van der Waals surface area contributed by atoms with Gasteiger partial charge in [-0.05, 0) is 18.2 Å². The molecule has 3 atom stereocenters. The van der Waals surface area contributed by atoms with Crippen molar-refractivity contribution in [3.63, 3.8) is 0 Å². The maximum Gasteiger partial charge on any atom is 0.0613 e. The summed E-state index contributed by atoms with van der Waals surface area (Å²) in [6, 6.07) is 0. The van der Waals surface area contributed by atoms with Gasteiger partial charge in [-0.3, -0.25) is 0 Å². The average molecular weight is 189 g/mol. The second-order valence-electron chi connectivity index (χ2n) is 4.71. The van der Waals surface area contributed by atoms with Gasteiger partial charge in [0.2, 0.25) is 0 Å². The summed E-state index contributed by atoms with van der Waals surface area (Å²) >= 11 is 0. The van der Waals surface area contributed by atoms with E-state index in [1.54, 1.807) is 0 Å². The molecule has 0 saturated heterocycles. The molecule has 0 saturated carbocycles. The number of hydrogen-bond donors (Lipinski definition) is 2. The molecule has 0 fully saturated rings. The summed E-state index contributed by atoms with van der Waals surface area (Å²) in [6.07, 6.45) is 0.265. The maximum atomic E-state index is 9.78. The number of aliphatic hydroxyl groups excluding tert-OH is 2. The standard InChI is InChI=1S/C11H24O2/c1-5-6-7-9(12)8-10(13)11(2,3)4/h9-10,12-13H,5-8H2,1-4H3/i8D. The first-order chi connectivity index (χ1) is 6.30. The van der Waals surface area contributed by atoms with E-state index in [4.69, 9.17) is 1.37 Å². The van der Waals surface area contributed by atoms with Gasteiger partial charge < -0.3 is 10.2 Å². The van der Waals surface area contributed by atoms with Crippen molar-refractivity contribution in [1.82, 2.24) is 0 Å². The third-order valence-electron chi connectivity index (χ3n) is 2.15. The third-order valence-corrected chi connectivity index (χ3v) is 2.15. The van der Waals surface area contributed by atoms with Gasteiger partial charge in [0, 0.05) is 1.37 Å². The van der Waals surface area contributed by atoms with Crippen molar-refractivity contribution in [3.8, 4) is 0 Å². The lowest BCUT2D eigenvalue weighted by atomic mass is 9.85. The quantitative estimate of drug-likeness (QED) is 0.697. The Labute approximate surface area is 83.4 Å². The van der Waals surface area contributed by atoms with Crippen molar-refractivity contribution in [3.05, 3.63) is 0 Å². The van der Waals surface area contributed by atoms with Gasteiger partial charge in [0.05, 0.1) is 12.2 Å². The molecule has 0 aromatic rings. The van der Waals surface area contributed by atoms with Gasteiger partial charge >= 0.3 is 0 Å². The summed E-state index contributed by atoms with van der Waals surface area (Å²) in [7, 11) is 0. The molecular formula is C11H24O2. The van der Waals surface area contributed by atoms with Crippen LogP contribution in [0.4, 0.5) is 0 Å². The minimum absolute atomic E-state index is 0.334. The molecular weight excluding hydrogens is 164 g/mol. The molecule has 0 aromatic carbocycles. The number of unbranched alkanes of at least 4 members (excludes halogenated alkanes) is 1. The van der Waals surface area contributed by atoms with Gasteiger partial charge in [0.1, 0.15) is 0 Å². The van der Waals surface area contributed by atoms with E-state index in [1.807, 2.05) is 27.7 Å². The van der Waals surface area contributed by atoms with Crippen LogP contribution in [0, 0.1) is 5.41 Å². The molecule has 0 aromatic heterocycles. The van der Waals surface area contributed by atoms with Gasteiger partial charge in [-0.25, -0.2) is 0 Å². The molecule has 80 valence electrons. The lowest BCUT2D eigenvalue weighted by Crippen LogP contribution is -2.30. The Bertz CT molecular complexity index is 154. The Morgan fingerprint density at radius 2 is 1.85 bits per heavy atom. The van der Waals surface area contributed by atoms with E-state index >= 15 is 0 Å². The topological polar surface area (TPSA) is 40.5 Å². The fourth-order valence-corrected chi connectivity index (χ4v) is 1.01. The van der Waals surface area contributed by atoms with Crippen molar-refractivity contribution < 1.29 is 11.6 Å². The van der Waals surface area contributed by atoms with Crippen LogP contribution in [0.3, 0.4) is 0 Å². The second-order valence-corrected chi connectivity index (χ2v) is 4.71. The molecule has 0 radical (unpaired) electrons. The van der Waals surface area contributed by atoms with E-state index in [0.717, 1.165) is 12.8 Å². The fourth-order valence-electron chi connectivity index (χ4n) is 1.01. The molecule has 2 nitrogen and oxygen atoms in total. The molecule has 0 spiro atoms. The smallest absolute Gasteiger partial charge is 0.0613 e. The minimum Gasteiger partial charge on any atom is -0.393 e. The molecule has 13 heavy (non-hydrogen) atoms. The first kappa shape index (κ1) is 11.0. The van der Waals surface area contributed by atoms with Crippen molar-refractivity contribution in [2.75, 3.05) is 0 Å². The van der Waals surface area contributed by atoms with Crippen LogP contribution in [0.25, 0.3) is 0 Å². The van der Waals surface area contributed by atoms with Gasteiger partial charge in [-0.15, -0.1) is 0 Å². The zero-order valence-corrected chi connectivity index (χ0v) is 9.25. The summed E-state index contributed by atoms with van der Waals surface area (Å²) < 4.78 is 7.72. The maximum absolute atomic E-state index is 9.78. The molecule has 2 heteroatoms. The van der Waals surface area contributed by atoms with E-state index < -0.39 is 18.6 Å². The van der Waals surface area contributed by atoms with Crippen molar-refractivity contribution in [1.29, 1.82) is 0 Å². The van der Waals surface area contributed by atoms with E-state index in [9.17, 15) is 10.2 Å². The van der Waals surface area contributed by atoms with Crippen LogP contribution < -0.4 is 0 Å². The number of aliphatic hydroxyl groups is 2. The lowest BCUT2D eigenvalue weighted by Gasteiger charge is -2.27. The van der Waals surface area contributed by atoms with Crippen LogP contribution in [-0.2, 0) is 0 Å². The second kappa shape index (κ2) is 5.61. The predicted molar refractivity (Wildman–Crippen MR) is 55.6 cm³/mol. The zero-order valence-electron chi connectivity index (χ0n) is 10.2. The van der Waals surface area contributed by atoms with Gasteiger partial charge in [-0.2, -0.15) is 0 Å². The van der Waals surface area contributed by atoms with Crippen LogP contribution >= 0.6 is 0 Å². The first-order valence-electron chi connectivity index (χ1n) is 5.66. The van der Waals surface area contributed by atoms with Crippen LogP contribution in [0.2, 0.25) is 0 Å². The molecule has 0 rings (SSSR count). The highest BCUT2D eigenvalue weighted by Crippen LogP contribution is 2.23. The van der Waals surface area contributed by atoms with Crippen LogP contribution in [0.5, 0.6) is 0 Å². The average Bonchev–Trinajstić information content (AvgIpc) is 2.10. The van der Waals surface area contributed by atoms with Crippen molar-refractivity contribution in [2.24, 2.45) is 5.41 Å². The molecule has 0 amide bonds. The van der Waals surface area contributed by atoms with Crippen molar-refractivity contribution in [2.45, 2.75) is 65.6 Å². The molecule has 0 heterocycles. The Kier molecular flexibility index (Phi) is 4.74. The SMILES string of the molecule is [2H]C(C(O)CCCC)C(O)C(C)(C)C. The van der Waals surface area contributed by atoms with Crippen LogP contribution in [0.15, 0.2) is 0 Å². The monoisotopic (exact) mass is 189 g/mol. The Hall–Kier alpha value is -0.0800. The van der Waals surface area contributed by atoms with Crippen molar-refractivity contribution >= 4 is 0 Å². The Balaban J connectivity index is 4.10. The normalized spacial score (nSPS) is 20.6. The lowest BCUT2D eigenvalue weighted by molar-refractivity contribution is 0.0108. The predicted octanol–water partition coefficient (Wildman–Crippen LogP) is 2.33. The number of hydrogen-bond acceptors (Lipinski definition) is 2. The van der Waals surface area contributed by atoms with Gasteiger partial charge in [-0.1, -0.05) is 40.5 Å². The van der Waals surface area contributed by atoms with E-state index in [2.05, 4.69) is 0 Å². The van der Waals surface area contributed by atoms with Gasteiger partial charge in [0.15, 0.2) is 0 Å². The summed E-state index contributed by atoms with van der Waals surface area (Å²) in [5.74, 6) is 0. The summed E-state index contributed by atoms with van der Waals surface area (Å²) in [5.41, 5.74) is -0.334. The molecule has 3 unspecified atom stereocenters. The van der Waals surface area contributed by atoms with Crippen LogP contribution in [0.1, 0.15) is 54.7 Å². The highest BCUT2D eigenvalue weighted by atomic mass is 16.3. The van der Waals surface area contributed by atoms with E-state index in [-0.39, 0.29) is 5.41 Å². The molecule has 2 N–H and O–H groups in total. The van der Waals surface area contributed by atoms with Gasteiger partial charge in [0.25, 0.3) is 0 Å². The summed E-state index contributed by atoms with van der Waals surface area (Å²) in [4.78, 5) is 0. The summed E-state index contributed by atoms with van der Waals surface area (Å²) in [6.45, 7) is 7.69. The van der Waals surface area contributed by atoms with E-state index in [0.29, 0.717) is 6.42 Å². The van der Waals surface area contributed by atoms with E-state index in [1.165, 1.54) is 0 Å². The Morgan fingerprint density at radius 1 is 1.31 bits per heavy atom. The minimum atomic E-state index is -0.790. The highest BCUT2D eigenvalue weighted by Gasteiger charge is 2.24. The molecule has 0 bridgehead atoms. The van der Waals surface area contributed by atoms with Crippen LogP contribution in [-0.4, -0.2) is 22.4 Å². The highest BCUT2D eigenvalue weighted by molar-refractivity contribution is 4.75. The molecule has 0 aliphatic heterocycles. The molecule has 0 aliphatic carbocycles. The largest absolute Gasteiger partial charge is 0.393 e. The third kappa shape index (κ3) is 6.05. The zero-order chi connectivity index (χ0) is 11.4.